The standard InChI is InChI=1S/C23H26N4O5S/c1-4-32-14(3)5-6-17(28)15-10-26(11-15)18-9-13(2)19-20(29)16(22(30)31)12-27(21(19)25-18)23-24-7-8-33-23/h7-9,12,14-15H,4-6,10-11H2,1-3H3,(H,30,31). The number of hydrogen-bond acceptors (Lipinski definition) is 8. The first-order valence-corrected chi connectivity index (χ1v) is 11.8. The molecule has 1 aliphatic rings. The van der Waals surface area contributed by atoms with Crippen LogP contribution in [-0.4, -0.2) is 57.2 Å². The molecule has 0 saturated carbocycles. The van der Waals surface area contributed by atoms with E-state index in [1.165, 1.54) is 17.5 Å². The maximum atomic E-state index is 12.9. The summed E-state index contributed by atoms with van der Waals surface area (Å²) in [6.07, 6.45) is 4.16. The lowest BCUT2D eigenvalue weighted by molar-refractivity contribution is -0.124. The first kappa shape index (κ1) is 23.1. The van der Waals surface area contributed by atoms with Crippen LogP contribution in [0.2, 0.25) is 0 Å². The highest BCUT2D eigenvalue weighted by atomic mass is 32.1. The lowest BCUT2D eigenvalue weighted by Crippen LogP contribution is -2.51. The van der Waals surface area contributed by atoms with E-state index in [1.54, 1.807) is 29.1 Å². The van der Waals surface area contributed by atoms with Crippen molar-refractivity contribution in [3.63, 3.8) is 0 Å². The van der Waals surface area contributed by atoms with Crippen LogP contribution in [0.5, 0.6) is 0 Å². The minimum atomic E-state index is -1.29. The van der Waals surface area contributed by atoms with E-state index in [-0.39, 0.29) is 28.8 Å². The Balaban J connectivity index is 1.62. The van der Waals surface area contributed by atoms with Gasteiger partial charge in [-0.15, -0.1) is 11.3 Å². The van der Waals surface area contributed by atoms with Crippen LogP contribution in [0.3, 0.4) is 0 Å². The van der Waals surface area contributed by atoms with Gasteiger partial charge in [0.1, 0.15) is 17.2 Å². The van der Waals surface area contributed by atoms with Gasteiger partial charge in [0.25, 0.3) is 0 Å². The molecule has 0 aliphatic carbocycles. The molecule has 0 bridgehead atoms. The number of fused-ring (bicyclic) bond motifs is 1. The van der Waals surface area contributed by atoms with E-state index >= 15 is 0 Å². The van der Waals surface area contributed by atoms with E-state index < -0.39 is 11.4 Å². The van der Waals surface area contributed by atoms with Crippen LogP contribution in [0.1, 0.15) is 42.6 Å². The third-order valence-corrected chi connectivity index (χ3v) is 6.68. The quantitative estimate of drug-likeness (QED) is 0.507. The Labute approximate surface area is 194 Å². The van der Waals surface area contributed by atoms with Crippen LogP contribution in [-0.2, 0) is 9.53 Å². The molecule has 1 saturated heterocycles. The largest absolute Gasteiger partial charge is 0.477 e. The number of anilines is 1. The molecule has 1 aliphatic heterocycles. The number of Topliss-reactive ketones (excluding diaryl/α,β-unsaturated/α-hetero) is 1. The average Bonchev–Trinajstić information content (AvgIpc) is 3.25. The van der Waals surface area contributed by atoms with E-state index in [1.807, 2.05) is 18.7 Å². The molecule has 4 heterocycles. The molecule has 1 N–H and O–H groups in total. The molecule has 33 heavy (non-hydrogen) atoms. The number of carboxylic acids is 1. The van der Waals surface area contributed by atoms with Crippen molar-refractivity contribution < 1.29 is 19.4 Å². The number of rotatable bonds is 9. The zero-order valence-corrected chi connectivity index (χ0v) is 19.6. The van der Waals surface area contributed by atoms with Crippen LogP contribution in [0.15, 0.2) is 28.6 Å². The van der Waals surface area contributed by atoms with Gasteiger partial charge in [-0.2, -0.15) is 0 Å². The predicted molar refractivity (Wildman–Crippen MR) is 126 cm³/mol. The molecule has 174 valence electrons. The van der Waals surface area contributed by atoms with Crippen LogP contribution in [0.25, 0.3) is 16.2 Å². The van der Waals surface area contributed by atoms with E-state index in [2.05, 4.69) is 4.98 Å². The van der Waals surface area contributed by atoms with Crippen molar-refractivity contribution in [2.24, 2.45) is 5.92 Å². The Kier molecular flexibility index (Phi) is 6.57. The number of thiazole rings is 1. The number of nitrogens with zero attached hydrogens (tertiary/aromatic N) is 4. The average molecular weight is 471 g/mol. The van der Waals surface area contributed by atoms with Gasteiger partial charge in [0.2, 0.25) is 5.43 Å². The molecular formula is C23H26N4O5S. The maximum absolute atomic E-state index is 12.9. The normalized spacial score (nSPS) is 14.9. The van der Waals surface area contributed by atoms with E-state index in [4.69, 9.17) is 9.72 Å². The summed E-state index contributed by atoms with van der Waals surface area (Å²) in [6, 6.07) is 1.78. The number of carboxylic acid groups (broad SMARTS) is 1. The Morgan fingerprint density at radius 2 is 2.12 bits per heavy atom. The SMILES string of the molecule is CCOC(C)CCC(=O)C1CN(c2cc(C)c3c(=O)c(C(=O)O)cn(-c4nccs4)c3n2)C1. The number of aryl methyl sites for hydroxylation is 1. The molecule has 0 aromatic carbocycles. The summed E-state index contributed by atoms with van der Waals surface area (Å²) in [6.45, 7) is 7.45. The molecule has 10 heteroatoms. The number of pyridine rings is 2. The number of ether oxygens (including phenoxy) is 1. The maximum Gasteiger partial charge on any atom is 0.341 e. The second kappa shape index (κ2) is 9.40. The molecule has 1 unspecified atom stereocenters. The first-order valence-electron chi connectivity index (χ1n) is 10.9. The minimum Gasteiger partial charge on any atom is -0.477 e. The van der Waals surface area contributed by atoms with Gasteiger partial charge in [-0.1, -0.05) is 0 Å². The lowest BCUT2D eigenvalue weighted by atomic mass is 9.91. The van der Waals surface area contributed by atoms with Gasteiger partial charge in [0, 0.05) is 43.9 Å². The highest BCUT2D eigenvalue weighted by molar-refractivity contribution is 7.12. The molecule has 1 fully saturated rings. The molecule has 3 aromatic heterocycles. The summed E-state index contributed by atoms with van der Waals surface area (Å²) >= 11 is 1.32. The highest BCUT2D eigenvalue weighted by Crippen LogP contribution is 2.29. The number of carbonyl (C=O) groups excluding carboxylic acids is 1. The van der Waals surface area contributed by atoms with E-state index in [9.17, 15) is 19.5 Å². The Morgan fingerprint density at radius 3 is 2.76 bits per heavy atom. The summed E-state index contributed by atoms with van der Waals surface area (Å²) in [7, 11) is 0. The molecule has 4 rings (SSSR count). The number of carbonyl (C=O) groups is 2. The molecular weight excluding hydrogens is 444 g/mol. The molecule has 0 spiro atoms. The van der Waals surface area contributed by atoms with Crippen LogP contribution < -0.4 is 10.3 Å². The number of ketones is 1. The molecule has 3 aromatic rings. The third-order valence-electron chi connectivity index (χ3n) is 5.91. The number of aromatic carboxylic acids is 1. The second-order valence-corrected chi connectivity index (χ2v) is 9.10. The number of aromatic nitrogens is 3. The van der Waals surface area contributed by atoms with Gasteiger partial charge < -0.3 is 14.7 Å². The zero-order valence-electron chi connectivity index (χ0n) is 18.8. The summed E-state index contributed by atoms with van der Waals surface area (Å²) < 4.78 is 7.06. The Morgan fingerprint density at radius 1 is 1.36 bits per heavy atom. The van der Waals surface area contributed by atoms with Gasteiger partial charge in [0.15, 0.2) is 10.8 Å². The van der Waals surface area contributed by atoms with Crippen molar-refractivity contribution in [2.75, 3.05) is 24.6 Å². The van der Waals surface area contributed by atoms with E-state index in [0.29, 0.717) is 54.7 Å². The van der Waals surface area contributed by atoms with Crippen LogP contribution >= 0.6 is 11.3 Å². The van der Waals surface area contributed by atoms with Gasteiger partial charge in [0.05, 0.1) is 17.4 Å². The Hall–Kier alpha value is -3.11. The fraction of sp³-hybridized carbons (Fsp3) is 0.435. The summed E-state index contributed by atoms with van der Waals surface area (Å²) in [5.74, 6) is -0.466. The monoisotopic (exact) mass is 470 g/mol. The van der Waals surface area contributed by atoms with Crippen molar-refractivity contribution >= 4 is 39.9 Å². The fourth-order valence-corrected chi connectivity index (χ4v) is 4.68. The molecule has 9 nitrogen and oxygen atoms in total. The lowest BCUT2D eigenvalue weighted by Gasteiger charge is -2.39. The van der Waals surface area contributed by atoms with Crippen molar-refractivity contribution in [3.8, 4) is 5.13 Å². The fourth-order valence-electron chi connectivity index (χ4n) is 4.06. The summed E-state index contributed by atoms with van der Waals surface area (Å²) in [5.41, 5.74) is 0.0946. The van der Waals surface area contributed by atoms with Crippen molar-refractivity contribution in [3.05, 3.63) is 45.2 Å². The van der Waals surface area contributed by atoms with Crippen molar-refractivity contribution in [1.29, 1.82) is 0 Å². The van der Waals surface area contributed by atoms with Gasteiger partial charge in [-0.3, -0.25) is 14.2 Å². The van der Waals surface area contributed by atoms with Crippen molar-refractivity contribution in [2.45, 2.75) is 39.7 Å². The summed E-state index contributed by atoms with van der Waals surface area (Å²) in [4.78, 5) is 48.0. The highest BCUT2D eigenvalue weighted by Gasteiger charge is 2.34. The zero-order chi connectivity index (χ0) is 23.7. The second-order valence-electron chi connectivity index (χ2n) is 8.23. The van der Waals surface area contributed by atoms with E-state index in [0.717, 1.165) is 0 Å². The predicted octanol–water partition coefficient (Wildman–Crippen LogP) is 3.06. The molecule has 1 atom stereocenters. The van der Waals surface area contributed by atoms with Gasteiger partial charge >= 0.3 is 5.97 Å². The molecule has 0 radical (unpaired) electrons. The van der Waals surface area contributed by atoms with Crippen LogP contribution in [0.4, 0.5) is 5.82 Å². The number of hydrogen-bond donors (Lipinski definition) is 1. The smallest absolute Gasteiger partial charge is 0.341 e. The van der Waals surface area contributed by atoms with Crippen molar-refractivity contribution in [1.82, 2.24) is 14.5 Å². The molecule has 0 amide bonds. The summed E-state index contributed by atoms with van der Waals surface area (Å²) in [5, 5.41) is 12.1. The third kappa shape index (κ3) is 4.53. The minimum absolute atomic E-state index is 0.0489. The van der Waals surface area contributed by atoms with Crippen LogP contribution in [0, 0.1) is 12.8 Å². The topological polar surface area (TPSA) is 115 Å². The van der Waals surface area contributed by atoms with Gasteiger partial charge in [-0.25, -0.2) is 14.8 Å². The Bertz CT molecular complexity index is 1250. The van der Waals surface area contributed by atoms with Gasteiger partial charge in [-0.05, 0) is 38.8 Å². The first-order chi connectivity index (χ1) is 15.8.